The van der Waals surface area contributed by atoms with Gasteiger partial charge >= 0.3 is 0 Å². The van der Waals surface area contributed by atoms with Crippen molar-refractivity contribution in [2.24, 2.45) is 7.05 Å². The van der Waals surface area contributed by atoms with Crippen LogP contribution in [0.2, 0.25) is 0 Å². The molecule has 1 aromatic heterocycles. The van der Waals surface area contributed by atoms with Crippen LogP contribution in [0, 0.1) is 0 Å². The predicted octanol–water partition coefficient (Wildman–Crippen LogP) is 4.38. The van der Waals surface area contributed by atoms with Crippen LogP contribution in [-0.2, 0) is 7.05 Å². The Morgan fingerprint density at radius 3 is 2.09 bits per heavy atom. The smallest absolute Gasteiger partial charge is 0.249 e. The molecule has 0 fully saturated rings. The molecule has 6 rings (SSSR count). The molecule has 32 heavy (non-hydrogen) atoms. The number of fused-ring (bicyclic) bond motifs is 2. The van der Waals surface area contributed by atoms with Crippen molar-refractivity contribution in [1.29, 1.82) is 0 Å². The predicted molar refractivity (Wildman–Crippen MR) is 130 cm³/mol. The quantitative estimate of drug-likeness (QED) is 0.430. The Labute approximate surface area is 188 Å². The summed E-state index contributed by atoms with van der Waals surface area (Å²) >= 11 is 0. The maximum absolute atomic E-state index is 2.40. The van der Waals surface area contributed by atoms with Gasteiger partial charge in [-0.3, -0.25) is 9.80 Å². The van der Waals surface area contributed by atoms with Gasteiger partial charge in [0, 0.05) is 11.8 Å². The Hall–Kier alpha value is -3.89. The van der Waals surface area contributed by atoms with Crippen molar-refractivity contribution in [1.82, 2.24) is 4.57 Å². The Kier molecular flexibility index (Phi) is 4.33. The number of imidazole rings is 1. The third-order valence-corrected chi connectivity index (χ3v) is 6.52. The van der Waals surface area contributed by atoms with Gasteiger partial charge in [-0.25, -0.2) is 4.57 Å². The van der Waals surface area contributed by atoms with E-state index in [0.717, 1.165) is 6.67 Å². The van der Waals surface area contributed by atoms with Gasteiger partial charge in [0.05, 0.1) is 14.1 Å². The third kappa shape index (κ3) is 3.00. The maximum Gasteiger partial charge on any atom is 0.249 e. The molecular formula is C28H26N4+2. The van der Waals surface area contributed by atoms with Gasteiger partial charge in [0.1, 0.15) is 11.4 Å². The number of rotatable bonds is 3. The van der Waals surface area contributed by atoms with Gasteiger partial charge in [-0.15, -0.1) is 0 Å². The Morgan fingerprint density at radius 1 is 0.719 bits per heavy atom. The van der Waals surface area contributed by atoms with Crippen molar-refractivity contribution in [3.8, 4) is 16.8 Å². The summed E-state index contributed by atoms with van der Waals surface area (Å²) in [5.41, 5.74) is 9.96. The largest absolute Gasteiger partial charge is 0.288 e. The summed E-state index contributed by atoms with van der Waals surface area (Å²) in [5.74, 6) is 0. The van der Waals surface area contributed by atoms with Crippen LogP contribution in [0.5, 0.6) is 0 Å². The molecule has 0 saturated carbocycles. The molecule has 0 radical (unpaired) electrons. The van der Waals surface area contributed by atoms with Crippen LogP contribution < -0.4 is 14.4 Å². The molecule has 5 aromatic rings. The lowest BCUT2D eigenvalue weighted by atomic mass is 10.0. The monoisotopic (exact) mass is 418 g/mol. The zero-order valence-corrected chi connectivity index (χ0v) is 18.4. The topological polar surface area (TPSA) is 16.5 Å². The molecule has 1 atom stereocenters. The summed E-state index contributed by atoms with van der Waals surface area (Å²) in [7, 11) is 4.31. The zero-order chi connectivity index (χ0) is 21.7. The van der Waals surface area contributed by atoms with Crippen LogP contribution in [0.3, 0.4) is 0 Å². The highest BCUT2D eigenvalue weighted by Gasteiger charge is 2.28. The molecule has 0 aliphatic carbocycles. The summed E-state index contributed by atoms with van der Waals surface area (Å²) in [6, 6.07) is 34.9. The number of aryl methyl sites for hydroxylation is 1. The maximum atomic E-state index is 2.40. The van der Waals surface area contributed by atoms with E-state index in [1.54, 1.807) is 0 Å². The second-order valence-corrected chi connectivity index (χ2v) is 8.56. The van der Waals surface area contributed by atoms with Gasteiger partial charge in [-0.2, -0.15) is 4.57 Å². The van der Waals surface area contributed by atoms with Gasteiger partial charge in [-0.05, 0) is 53.6 Å². The lowest BCUT2D eigenvalue weighted by Gasteiger charge is -2.17. The standard InChI is InChI=1S/C28H25N4/c1-29-19-31(27-9-5-3-7-25(27)29)23-15-11-21(12-16-23)22-13-17-24(18-14-22)32-20-30(2)26-8-4-6-10-28(26)32/h3-19H,20H2,1-2H3/q+1/p+1. The third-order valence-electron chi connectivity index (χ3n) is 6.52. The van der Waals surface area contributed by atoms with E-state index in [0.29, 0.717) is 0 Å². The Bertz CT molecular complexity index is 1410. The van der Waals surface area contributed by atoms with Crippen LogP contribution in [0.25, 0.3) is 27.8 Å². The number of hydrogen-bond donors (Lipinski definition) is 1. The van der Waals surface area contributed by atoms with Crippen molar-refractivity contribution in [2.75, 3.05) is 18.6 Å². The van der Waals surface area contributed by atoms with Crippen LogP contribution in [0.15, 0.2) is 103 Å². The molecule has 4 heteroatoms. The van der Waals surface area contributed by atoms with Crippen LogP contribution in [-0.4, -0.2) is 18.3 Å². The van der Waals surface area contributed by atoms with Gasteiger partial charge in [-0.1, -0.05) is 48.5 Å². The lowest BCUT2D eigenvalue weighted by molar-refractivity contribution is -0.802. The number of benzene rings is 4. The number of quaternary nitrogens is 1. The summed E-state index contributed by atoms with van der Waals surface area (Å²) < 4.78 is 4.41. The second-order valence-electron chi connectivity index (χ2n) is 8.56. The zero-order valence-electron chi connectivity index (χ0n) is 18.4. The minimum atomic E-state index is 0.954. The average Bonchev–Trinajstić information content (AvgIpc) is 3.37. The molecule has 1 aliphatic heterocycles. The first kappa shape index (κ1) is 18.8. The fourth-order valence-corrected chi connectivity index (χ4v) is 4.83. The first-order valence-corrected chi connectivity index (χ1v) is 11.0. The van der Waals surface area contributed by atoms with E-state index in [1.165, 1.54) is 49.8 Å². The van der Waals surface area contributed by atoms with Crippen molar-refractivity contribution in [3.63, 3.8) is 0 Å². The van der Waals surface area contributed by atoms with Gasteiger partial charge in [0.25, 0.3) is 0 Å². The van der Waals surface area contributed by atoms with E-state index in [9.17, 15) is 0 Å². The average molecular weight is 419 g/mol. The fourth-order valence-electron chi connectivity index (χ4n) is 4.83. The van der Waals surface area contributed by atoms with E-state index in [-0.39, 0.29) is 0 Å². The minimum Gasteiger partial charge on any atom is -0.288 e. The molecule has 4 aromatic carbocycles. The Balaban J connectivity index is 1.29. The Morgan fingerprint density at radius 2 is 1.34 bits per heavy atom. The summed E-state index contributed by atoms with van der Waals surface area (Å²) in [6.07, 6.45) is 2.14. The van der Waals surface area contributed by atoms with E-state index in [1.807, 2.05) is 0 Å². The molecule has 0 spiro atoms. The number of nitrogens with one attached hydrogen (secondary N) is 1. The highest BCUT2D eigenvalue weighted by molar-refractivity contribution is 5.77. The van der Waals surface area contributed by atoms with Crippen LogP contribution in [0.4, 0.5) is 17.1 Å². The minimum absolute atomic E-state index is 0.954. The normalized spacial score (nSPS) is 15.3. The van der Waals surface area contributed by atoms with Crippen molar-refractivity contribution in [2.45, 2.75) is 0 Å². The van der Waals surface area contributed by atoms with Gasteiger partial charge in [0.15, 0.2) is 23.4 Å². The SMILES string of the molecule is C[n+]1cn(-c2ccc(-c3ccc(N4C[NH+](C)c5ccccc54)cc3)cc2)c2ccccc21. The summed E-state index contributed by atoms with van der Waals surface area (Å²) in [4.78, 5) is 3.82. The van der Waals surface area contributed by atoms with E-state index < -0.39 is 0 Å². The molecule has 2 heterocycles. The molecule has 1 N–H and O–H groups in total. The van der Waals surface area contributed by atoms with Crippen molar-refractivity contribution >= 4 is 28.1 Å². The fraction of sp³-hybridized carbons (Fsp3) is 0.107. The lowest BCUT2D eigenvalue weighted by Crippen LogP contribution is -3.03. The van der Waals surface area contributed by atoms with E-state index in [2.05, 4.69) is 132 Å². The van der Waals surface area contributed by atoms with E-state index >= 15 is 0 Å². The number of hydrogen-bond acceptors (Lipinski definition) is 1. The number of nitrogens with zero attached hydrogens (tertiary/aromatic N) is 3. The number of anilines is 2. The summed E-state index contributed by atoms with van der Waals surface area (Å²) in [6.45, 7) is 0.954. The van der Waals surface area contributed by atoms with Crippen LogP contribution >= 0.6 is 0 Å². The first-order chi connectivity index (χ1) is 15.7. The molecule has 0 bridgehead atoms. The molecule has 0 saturated heterocycles. The summed E-state index contributed by atoms with van der Waals surface area (Å²) in [5, 5.41) is 0. The van der Waals surface area contributed by atoms with Gasteiger partial charge in [0.2, 0.25) is 6.33 Å². The molecule has 4 nitrogen and oxygen atoms in total. The molecule has 156 valence electrons. The molecule has 1 aliphatic rings. The number of para-hydroxylation sites is 4. The molecule has 0 amide bonds. The van der Waals surface area contributed by atoms with Crippen molar-refractivity contribution in [3.05, 3.63) is 103 Å². The second kappa shape index (κ2) is 7.36. The van der Waals surface area contributed by atoms with Crippen LogP contribution in [0.1, 0.15) is 0 Å². The highest BCUT2D eigenvalue weighted by Crippen LogP contribution is 2.34. The van der Waals surface area contributed by atoms with E-state index in [4.69, 9.17) is 0 Å². The molecule has 1 unspecified atom stereocenters. The first-order valence-electron chi connectivity index (χ1n) is 11.0. The molecular weight excluding hydrogens is 392 g/mol. The number of aromatic nitrogens is 2. The highest BCUT2D eigenvalue weighted by atomic mass is 15.4. The van der Waals surface area contributed by atoms with Gasteiger partial charge < -0.3 is 0 Å². The van der Waals surface area contributed by atoms with Crippen molar-refractivity contribution < 1.29 is 9.47 Å².